The number of rotatable bonds is 4. The lowest BCUT2D eigenvalue weighted by Gasteiger charge is -2.20. The molecule has 0 saturated heterocycles. The first-order valence-electron chi connectivity index (χ1n) is 5.52. The Morgan fingerprint density at radius 1 is 1.32 bits per heavy atom. The number of hydrogen-bond donors (Lipinski definition) is 0. The maximum absolute atomic E-state index is 12.9. The molecule has 0 bridgehead atoms. The Morgan fingerprint density at radius 2 is 2.05 bits per heavy atom. The number of aromatic nitrogens is 4. The van der Waals surface area contributed by atoms with E-state index in [4.69, 9.17) is 4.74 Å². The Labute approximate surface area is 107 Å². The lowest BCUT2D eigenvalue weighted by molar-refractivity contribution is 0.296. The average molecular weight is 271 g/mol. The Kier molecular flexibility index (Phi) is 3.45. The summed E-state index contributed by atoms with van der Waals surface area (Å²) in [6, 6.07) is 3.93. The molecule has 5 nitrogen and oxygen atoms in total. The molecule has 0 saturated carbocycles. The van der Waals surface area contributed by atoms with Gasteiger partial charge in [-0.05, 0) is 18.2 Å². The summed E-state index contributed by atoms with van der Waals surface area (Å²) in [6.07, 6.45) is 0. The van der Waals surface area contributed by atoms with E-state index < -0.39 is 12.4 Å². The van der Waals surface area contributed by atoms with Crippen molar-refractivity contribution >= 4 is 12.4 Å². The van der Waals surface area contributed by atoms with Crippen molar-refractivity contribution in [3.63, 3.8) is 0 Å². The second-order valence-corrected chi connectivity index (χ2v) is 4.10. The monoisotopic (exact) mass is 271 g/mol. The van der Waals surface area contributed by atoms with Crippen LogP contribution in [0.25, 0.3) is 0 Å². The zero-order chi connectivity index (χ0) is 14.0. The predicted octanol–water partition coefficient (Wildman–Crippen LogP) is 1.15. The van der Waals surface area contributed by atoms with Crippen molar-refractivity contribution in [1.29, 1.82) is 0 Å². The minimum Gasteiger partial charge on any atom is -0.488 e. The van der Waals surface area contributed by atoms with Gasteiger partial charge in [-0.15, -0.1) is 10.2 Å². The first-order valence-corrected chi connectivity index (χ1v) is 5.52. The normalized spacial score (nSPS) is 11.6. The number of aryl methyl sites for hydroxylation is 2. The summed E-state index contributed by atoms with van der Waals surface area (Å²) in [5.74, 6) is 0.00857. The minimum atomic E-state index is -5.12. The van der Waals surface area contributed by atoms with Crippen LogP contribution in [0.2, 0.25) is 0 Å². The van der Waals surface area contributed by atoms with Gasteiger partial charge in [0.05, 0.1) is 12.8 Å². The fourth-order valence-electron chi connectivity index (χ4n) is 1.58. The van der Waals surface area contributed by atoms with Gasteiger partial charge in [0.25, 0.3) is 0 Å². The number of halogens is 3. The molecule has 9 heteroatoms. The van der Waals surface area contributed by atoms with Crippen LogP contribution in [-0.2, 0) is 13.7 Å². The highest BCUT2D eigenvalue weighted by atomic mass is 19.4. The zero-order valence-corrected chi connectivity index (χ0v) is 10.3. The molecule has 0 aliphatic rings. The summed E-state index contributed by atoms with van der Waals surface area (Å²) in [6.45, 7) is -3.68. The molecule has 1 heterocycles. The topological polar surface area (TPSA) is 52.8 Å². The van der Waals surface area contributed by atoms with Crippen LogP contribution in [0.3, 0.4) is 0 Å². The largest absolute Gasteiger partial charge is 0.513 e. The number of ether oxygens (including phenoxy) is 1. The lowest BCUT2D eigenvalue weighted by atomic mass is 9.78. The summed E-state index contributed by atoms with van der Waals surface area (Å²) in [4.78, 5) is 1.21. The highest BCUT2D eigenvalue weighted by Gasteiger charge is 2.29. The van der Waals surface area contributed by atoms with Gasteiger partial charge in [0, 0.05) is 0 Å². The van der Waals surface area contributed by atoms with E-state index >= 15 is 0 Å². The van der Waals surface area contributed by atoms with Crippen molar-refractivity contribution < 1.29 is 17.7 Å². The van der Waals surface area contributed by atoms with E-state index in [0.717, 1.165) is 6.07 Å². The van der Waals surface area contributed by atoms with E-state index in [9.17, 15) is 12.9 Å². The van der Waals surface area contributed by atoms with Gasteiger partial charge in [0.1, 0.15) is 0 Å². The standard InChI is InChI=1S/C10H11BF3N4O/c1-7-3-4-9(8(5-7)11(12,13)14)19-6-10-15-17-18(2)16-10/h3-5H,6H2,1-2H3/q-1. The molecule has 1 aromatic heterocycles. The molecule has 0 radical (unpaired) electrons. The molecule has 2 aromatic rings. The zero-order valence-electron chi connectivity index (χ0n) is 10.3. The maximum Gasteiger partial charge on any atom is 0.513 e. The van der Waals surface area contributed by atoms with E-state index in [1.165, 1.54) is 10.9 Å². The predicted molar refractivity (Wildman–Crippen MR) is 63.0 cm³/mol. The summed E-state index contributed by atoms with van der Waals surface area (Å²) in [5, 5.41) is 11.0. The van der Waals surface area contributed by atoms with Gasteiger partial charge >= 0.3 is 6.98 Å². The summed E-state index contributed by atoms with van der Waals surface area (Å²) in [5.41, 5.74) is -0.219. The lowest BCUT2D eigenvalue weighted by Crippen LogP contribution is -2.35. The quantitative estimate of drug-likeness (QED) is 0.783. The van der Waals surface area contributed by atoms with Crippen molar-refractivity contribution in [2.24, 2.45) is 7.05 Å². The SMILES string of the molecule is Cc1ccc(OCc2nnn(C)n2)c([B-](F)(F)F)c1. The second kappa shape index (κ2) is 4.91. The van der Waals surface area contributed by atoms with Gasteiger partial charge < -0.3 is 17.7 Å². The molecule has 0 aliphatic heterocycles. The molecule has 0 fully saturated rings. The summed E-state index contributed by atoms with van der Waals surface area (Å²) >= 11 is 0. The molecule has 2 rings (SSSR count). The number of nitrogens with zero attached hydrogens (tertiary/aromatic N) is 4. The second-order valence-electron chi connectivity index (χ2n) is 4.10. The van der Waals surface area contributed by atoms with Gasteiger partial charge in [0.15, 0.2) is 6.61 Å². The van der Waals surface area contributed by atoms with E-state index in [1.54, 1.807) is 20.0 Å². The number of benzene rings is 1. The van der Waals surface area contributed by atoms with E-state index in [0.29, 0.717) is 5.56 Å². The molecule has 0 amide bonds. The third-order valence-electron chi connectivity index (χ3n) is 2.42. The maximum atomic E-state index is 12.9. The van der Waals surface area contributed by atoms with Crippen LogP contribution in [0.1, 0.15) is 11.4 Å². The molecule has 0 spiro atoms. The van der Waals surface area contributed by atoms with Crippen molar-refractivity contribution in [3.05, 3.63) is 29.6 Å². The van der Waals surface area contributed by atoms with Gasteiger partial charge in [-0.1, -0.05) is 23.2 Å². The summed E-state index contributed by atoms with van der Waals surface area (Å²) in [7, 11) is 1.56. The molecule has 0 atom stereocenters. The van der Waals surface area contributed by atoms with E-state index in [-0.39, 0.29) is 18.2 Å². The molecular weight excluding hydrogens is 260 g/mol. The number of hydrogen-bond acceptors (Lipinski definition) is 4. The van der Waals surface area contributed by atoms with Crippen LogP contribution in [0.4, 0.5) is 12.9 Å². The van der Waals surface area contributed by atoms with Gasteiger partial charge in [-0.3, -0.25) is 0 Å². The van der Waals surface area contributed by atoms with Crippen LogP contribution in [0.5, 0.6) is 5.75 Å². The highest BCUT2D eigenvalue weighted by molar-refractivity contribution is 6.74. The molecular formula is C10H11BF3N4O-. The third-order valence-corrected chi connectivity index (χ3v) is 2.42. The molecule has 19 heavy (non-hydrogen) atoms. The molecule has 0 N–H and O–H groups in total. The highest BCUT2D eigenvalue weighted by Crippen LogP contribution is 2.19. The fraction of sp³-hybridized carbons (Fsp3) is 0.300. The Bertz CT molecular complexity index is 584. The first-order chi connectivity index (χ1) is 8.86. The fourth-order valence-corrected chi connectivity index (χ4v) is 1.58. The smallest absolute Gasteiger partial charge is 0.488 e. The Hall–Kier alpha value is -2.06. The van der Waals surface area contributed by atoms with Gasteiger partial charge in [-0.25, -0.2) is 0 Å². The average Bonchev–Trinajstić information content (AvgIpc) is 2.72. The van der Waals surface area contributed by atoms with Crippen molar-refractivity contribution in [2.45, 2.75) is 13.5 Å². The molecule has 1 aromatic carbocycles. The van der Waals surface area contributed by atoms with E-state index in [1.807, 2.05) is 0 Å². The third kappa shape index (κ3) is 3.24. The Morgan fingerprint density at radius 3 is 2.63 bits per heavy atom. The van der Waals surface area contributed by atoms with Crippen LogP contribution in [-0.4, -0.2) is 27.2 Å². The van der Waals surface area contributed by atoms with Crippen LogP contribution in [0.15, 0.2) is 18.2 Å². The van der Waals surface area contributed by atoms with Crippen LogP contribution >= 0.6 is 0 Å². The van der Waals surface area contributed by atoms with Gasteiger partial charge in [0.2, 0.25) is 5.82 Å². The Balaban J connectivity index is 2.20. The molecule has 0 aliphatic carbocycles. The van der Waals surface area contributed by atoms with Gasteiger partial charge in [-0.2, -0.15) is 4.80 Å². The minimum absolute atomic E-state index is 0.157. The van der Waals surface area contributed by atoms with Crippen LogP contribution in [0, 0.1) is 6.92 Å². The van der Waals surface area contributed by atoms with Crippen LogP contribution < -0.4 is 10.2 Å². The molecule has 102 valence electrons. The van der Waals surface area contributed by atoms with Crippen molar-refractivity contribution in [2.75, 3.05) is 0 Å². The molecule has 0 unspecified atom stereocenters. The number of tetrazole rings is 1. The van der Waals surface area contributed by atoms with Crippen molar-refractivity contribution in [1.82, 2.24) is 20.2 Å². The van der Waals surface area contributed by atoms with E-state index in [2.05, 4.69) is 15.4 Å². The first kappa shape index (κ1) is 13.4. The summed E-state index contributed by atoms with van der Waals surface area (Å²) < 4.78 is 43.8. The van der Waals surface area contributed by atoms with Crippen molar-refractivity contribution in [3.8, 4) is 5.75 Å².